The van der Waals surface area contributed by atoms with Gasteiger partial charge in [0.15, 0.2) is 0 Å². The van der Waals surface area contributed by atoms with Crippen molar-refractivity contribution < 1.29 is 4.79 Å². The van der Waals surface area contributed by atoms with Crippen LogP contribution in [-0.4, -0.2) is 51.2 Å². The first-order valence-electron chi connectivity index (χ1n) is 8.78. The summed E-state index contributed by atoms with van der Waals surface area (Å²) in [6, 6.07) is 14.0. The van der Waals surface area contributed by atoms with Crippen molar-refractivity contribution in [2.75, 3.05) is 55.4 Å². The summed E-state index contributed by atoms with van der Waals surface area (Å²) in [6.07, 6.45) is 0. The third-order valence-electron chi connectivity index (χ3n) is 4.72. The van der Waals surface area contributed by atoms with Gasteiger partial charge in [-0.05, 0) is 48.9 Å². The standard InChI is InChI=1S/C20H25ClN4O/c1-15-4-5-16(14-19(15)21)22-20(26)25-12-10-24(11-13-25)18-8-6-17(7-9-18)23(2)3/h4-9,14H,10-13H2,1-3H3,(H,22,26). The Kier molecular flexibility index (Phi) is 5.57. The smallest absolute Gasteiger partial charge is 0.321 e. The molecule has 2 aromatic rings. The van der Waals surface area contributed by atoms with E-state index in [1.54, 1.807) is 6.07 Å². The zero-order chi connectivity index (χ0) is 18.7. The number of rotatable bonds is 3. The molecule has 0 atom stereocenters. The molecule has 0 aliphatic carbocycles. The van der Waals surface area contributed by atoms with Crippen molar-refractivity contribution >= 4 is 34.7 Å². The first kappa shape index (κ1) is 18.4. The van der Waals surface area contributed by atoms with E-state index in [4.69, 9.17) is 11.6 Å². The van der Waals surface area contributed by atoms with Gasteiger partial charge >= 0.3 is 6.03 Å². The first-order valence-corrected chi connectivity index (χ1v) is 9.16. The fourth-order valence-corrected chi connectivity index (χ4v) is 3.18. The number of benzene rings is 2. The molecule has 26 heavy (non-hydrogen) atoms. The maximum absolute atomic E-state index is 12.5. The minimum Gasteiger partial charge on any atom is -0.378 e. The molecule has 2 aromatic carbocycles. The van der Waals surface area contributed by atoms with Crippen LogP contribution in [0, 0.1) is 6.92 Å². The van der Waals surface area contributed by atoms with Gasteiger partial charge in [-0.25, -0.2) is 4.79 Å². The van der Waals surface area contributed by atoms with Crippen LogP contribution in [-0.2, 0) is 0 Å². The summed E-state index contributed by atoms with van der Waals surface area (Å²) in [6.45, 7) is 4.98. The molecule has 2 amide bonds. The van der Waals surface area contributed by atoms with E-state index < -0.39 is 0 Å². The highest BCUT2D eigenvalue weighted by Gasteiger charge is 2.21. The zero-order valence-electron chi connectivity index (χ0n) is 15.5. The Bertz CT molecular complexity index is 768. The van der Waals surface area contributed by atoms with Crippen LogP contribution in [0.3, 0.4) is 0 Å². The molecule has 0 bridgehead atoms. The number of carbonyl (C=O) groups excluding carboxylic acids is 1. The number of piperazine rings is 1. The van der Waals surface area contributed by atoms with Gasteiger partial charge < -0.3 is 20.0 Å². The van der Waals surface area contributed by atoms with E-state index in [9.17, 15) is 4.79 Å². The molecule has 1 N–H and O–H groups in total. The van der Waals surface area contributed by atoms with Crippen LogP contribution in [0.25, 0.3) is 0 Å². The SMILES string of the molecule is Cc1ccc(NC(=O)N2CCN(c3ccc(N(C)C)cc3)CC2)cc1Cl. The van der Waals surface area contributed by atoms with Gasteiger partial charge in [-0.2, -0.15) is 0 Å². The Hall–Kier alpha value is -2.40. The maximum atomic E-state index is 12.5. The van der Waals surface area contributed by atoms with Gasteiger partial charge in [0.2, 0.25) is 0 Å². The maximum Gasteiger partial charge on any atom is 0.321 e. The predicted octanol–water partition coefficient (Wildman–Crippen LogP) is 4.07. The molecule has 0 radical (unpaired) electrons. The number of nitrogens with zero attached hydrogens (tertiary/aromatic N) is 3. The third kappa shape index (κ3) is 4.22. The summed E-state index contributed by atoms with van der Waals surface area (Å²) >= 11 is 6.13. The lowest BCUT2D eigenvalue weighted by Gasteiger charge is -2.36. The van der Waals surface area contributed by atoms with Crippen LogP contribution < -0.4 is 15.1 Å². The fourth-order valence-electron chi connectivity index (χ4n) is 3.00. The number of amides is 2. The minimum absolute atomic E-state index is 0.0764. The van der Waals surface area contributed by atoms with E-state index in [-0.39, 0.29) is 6.03 Å². The predicted molar refractivity (Wildman–Crippen MR) is 110 cm³/mol. The molecule has 0 spiro atoms. The molecule has 6 heteroatoms. The molecule has 1 aliphatic rings. The minimum atomic E-state index is -0.0764. The molecule has 1 saturated heterocycles. The van der Waals surface area contributed by atoms with Crippen molar-refractivity contribution in [3.05, 3.63) is 53.1 Å². The first-order chi connectivity index (χ1) is 12.4. The lowest BCUT2D eigenvalue weighted by Crippen LogP contribution is -2.50. The van der Waals surface area contributed by atoms with Crippen molar-refractivity contribution in [1.82, 2.24) is 4.90 Å². The molecule has 1 fully saturated rings. The van der Waals surface area contributed by atoms with Gasteiger partial charge in [-0.1, -0.05) is 17.7 Å². The Morgan fingerprint density at radius 3 is 2.27 bits per heavy atom. The lowest BCUT2D eigenvalue weighted by molar-refractivity contribution is 0.208. The second kappa shape index (κ2) is 7.87. The summed E-state index contributed by atoms with van der Waals surface area (Å²) < 4.78 is 0. The van der Waals surface area contributed by atoms with Crippen molar-refractivity contribution in [2.45, 2.75) is 6.92 Å². The molecule has 0 aromatic heterocycles. The Morgan fingerprint density at radius 1 is 1.04 bits per heavy atom. The molecule has 1 aliphatic heterocycles. The highest BCUT2D eigenvalue weighted by Crippen LogP contribution is 2.22. The van der Waals surface area contributed by atoms with E-state index in [1.807, 2.05) is 38.1 Å². The molecule has 1 heterocycles. The van der Waals surface area contributed by atoms with E-state index in [0.717, 1.165) is 24.3 Å². The fraction of sp³-hybridized carbons (Fsp3) is 0.350. The largest absolute Gasteiger partial charge is 0.378 e. The van der Waals surface area contributed by atoms with Crippen LogP contribution in [0.15, 0.2) is 42.5 Å². The van der Waals surface area contributed by atoms with Crippen molar-refractivity contribution in [3.8, 4) is 0 Å². The monoisotopic (exact) mass is 372 g/mol. The number of nitrogens with one attached hydrogen (secondary N) is 1. The Labute approximate surface area is 160 Å². The Morgan fingerprint density at radius 2 is 1.69 bits per heavy atom. The van der Waals surface area contributed by atoms with Gasteiger partial charge in [-0.15, -0.1) is 0 Å². The van der Waals surface area contributed by atoms with Gasteiger partial charge in [0, 0.05) is 62.4 Å². The normalized spacial score (nSPS) is 14.3. The van der Waals surface area contributed by atoms with Crippen LogP contribution in [0.1, 0.15) is 5.56 Å². The number of aryl methyl sites for hydroxylation is 1. The summed E-state index contributed by atoms with van der Waals surface area (Å²) in [7, 11) is 4.07. The van der Waals surface area contributed by atoms with Crippen LogP contribution in [0.2, 0.25) is 5.02 Å². The molecule has 5 nitrogen and oxygen atoms in total. The van der Waals surface area contributed by atoms with Gasteiger partial charge in [0.1, 0.15) is 0 Å². The van der Waals surface area contributed by atoms with Gasteiger partial charge in [0.05, 0.1) is 0 Å². The van der Waals surface area contributed by atoms with E-state index in [2.05, 4.69) is 39.4 Å². The van der Waals surface area contributed by atoms with Crippen LogP contribution in [0.5, 0.6) is 0 Å². The van der Waals surface area contributed by atoms with E-state index >= 15 is 0 Å². The quantitative estimate of drug-likeness (QED) is 0.882. The highest BCUT2D eigenvalue weighted by atomic mass is 35.5. The van der Waals surface area contributed by atoms with Crippen molar-refractivity contribution in [2.24, 2.45) is 0 Å². The molecular formula is C20H25ClN4O. The topological polar surface area (TPSA) is 38.8 Å². The molecule has 3 rings (SSSR count). The number of hydrogen-bond acceptors (Lipinski definition) is 3. The van der Waals surface area contributed by atoms with E-state index in [0.29, 0.717) is 18.1 Å². The lowest BCUT2D eigenvalue weighted by atomic mass is 10.2. The van der Waals surface area contributed by atoms with Crippen LogP contribution in [0.4, 0.5) is 21.9 Å². The molecule has 0 unspecified atom stereocenters. The summed E-state index contributed by atoms with van der Waals surface area (Å²) in [5.74, 6) is 0. The number of anilines is 3. The molecular weight excluding hydrogens is 348 g/mol. The number of carbonyl (C=O) groups is 1. The van der Waals surface area contributed by atoms with Crippen molar-refractivity contribution in [1.29, 1.82) is 0 Å². The summed E-state index contributed by atoms with van der Waals surface area (Å²) in [5, 5.41) is 3.59. The highest BCUT2D eigenvalue weighted by molar-refractivity contribution is 6.31. The summed E-state index contributed by atoms with van der Waals surface area (Å²) in [5.41, 5.74) is 4.11. The number of urea groups is 1. The van der Waals surface area contributed by atoms with E-state index in [1.165, 1.54) is 11.4 Å². The molecule has 138 valence electrons. The van der Waals surface area contributed by atoms with Crippen LogP contribution >= 0.6 is 11.6 Å². The average Bonchev–Trinajstić information content (AvgIpc) is 2.65. The second-order valence-electron chi connectivity index (χ2n) is 6.78. The van der Waals surface area contributed by atoms with Crippen molar-refractivity contribution in [3.63, 3.8) is 0 Å². The number of halogens is 1. The number of hydrogen-bond donors (Lipinski definition) is 1. The summed E-state index contributed by atoms with van der Waals surface area (Å²) in [4.78, 5) is 18.7. The third-order valence-corrected chi connectivity index (χ3v) is 5.13. The average molecular weight is 373 g/mol. The second-order valence-corrected chi connectivity index (χ2v) is 7.19. The van der Waals surface area contributed by atoms with Gasteiger partial charge in [0.25, 0.3) is 0 Å². The van der Waals surface area contributed by atoms with Gasteiger partial charge in [-0.3, -0.25) is 0 Å². The zero-order valence-corrected chi connectivity index (χ0v) is 16.3. The Balaban J connectivity index is 1.55. The molecule has 0 saturated carbocycles.